The number of ether oxygens (including phenoxy) is 2. The lowest BCUT2D eigenvalue weighted by Gasteiger charge is -2.47. The number of halogens is 1. The summed E-state index contributed by atoms with van der Waals surface area (Å²) >= 11 is 0. The second kappa shape index (κ2) is 8.52. The lowest BCUT2D eigenvalue weighted by Crippen LogP contribution is -2.62. The minimum Gasteiger partial charge on any atom is -0.493 e. The highest BCUT2D eigenvalue weighted by Gasteiger charge is 2.49. The molecule has 0 saturated carbocycles. The maximum Gasteiger partial charge on any atom is 0.244 e. The van der Waals surface area contributed by atoms with E-state index in [2.05, 4.69) is 0 Å². The lowest BCUT2D eigenvalue weighted by molar-refractivity contribution is -0.0278. The average molecular weight is 445 g/mol. The number of hydrogen-bond acceptors (Lipinski definition) is 7. The molecule has 31 heavy (non-hydrogen) atoms. The second-order valence-corrected chi connectivity index (χ2v) is 9.33. The van der Waals surface area contributed by atoms with Crippen LogP contribution in [-0.4, -0.2) is 51.2 Å². The molecule has 0 unspecified atom stereocenters. The number of hydrogen-bond donors (Lipinski definition) is 1. The molecule has 0 aliphatic carbocycles. The smallest absolute Gasteiger partial charge is 0.244 e. The number of nitriles is 2. The van der Waals surface area contributed by atoms with Crippen LogP contribution in [0.4, 0.5) is 4.39 Å². The zero-order valence-corrected chi connectivity index (χ0v) is 17.7. The zero-order chi connectivity index (χ0) is 22.8. The first-order valence-electron chi connectivity index (χ1n) is 9.22. The molecule has 0 aromatic heterocycles. The number of methoxy groups -OCH3 is 1. The number of aliphatic hydroxyl groups excluding tert-OH is 1. The molecule has 2 aromatic carbocycles. The fraction of sp³-hybridized carbons (Fsp3) is 0.333. The van der Waals surface area contributed by atoms with Gasteiger partial charge in [0.15, 0.2) is 11.5 Å². The van der Waals surface area contributed by atoms with Crippen LogP contribution in [0.5, 0.6) is 11.5 Å². The summed E-state index contributed by atoms with van der Waals surface area (Å²) in [6.45, 7) is 1.22. The van der Waals surface area contributed by atoms with E-state index in [9.17, 15) is 23.2 Å². The first kappa shape index (κ1) is 22.5. The van der Waals surface area contributed by atoms with Crippen LogP contribution < -0.4 is 9.47 Å². The van der Waals surface area contributed by atoms with Gasteiger partial charge in [-0.3, -0.25) is 0 Å². The summed E-state index contributed by atoms with van der Waals surface area (Å²) in [6, 6.07) is 10.3. The molecule has 1 saturated heterocycles. The van der Waals surface area contributed by atoms with Gasteiger partial charge in [-0.1, -0.05) is 6.07 Å². The molecule has 0 radical (unpaired) electrons. The molecule has 1 fully saturated rings. The summed E-state index contributed by atoms with van der Waals surface area (Å²) in [6.07, 6.45) is 0. The molecule has 8 nitrogen and oxygen atoms in total. The lowest BCUT2D eigenvalue weighted by atomic mass is 9.83. The Hall–Kier alpha value is -3.18. The van der Waals surface area contributed by atoms with E-state index in [4.69, 9.17) is 14.7 Å². The van der Waals surface area contributed by atoms with Crippen LogP contribution in [0, 0.1) is 40.8 Å². The van der Waals surface area contributed by atoms with Crippen LogP contribution in [0.2, 0.25) is 0 Å². The summed E-state index contributed by atoms with van der Waals surface area (Å²) in [5.74, 6) is -0.593. The van der Waals surface area contributed by atoms with Crippen LogP contribution in [0.25, 0.3) is 0 Å². The molecule has 1 aliphatic rings. The van der Waals surface area contributed by atoms with E-state index in [1.165, 1.54) is 25.3 Å². The summed E-state index contributed by atoms with van der Waals surface area (Å²) < 4.78 is 51.8. The number of benzene rings is 2. The van der Waals surface area contributed by atoms with Crippen LogP contribution in [0.15, 0.2) is 35.2 Å². The molecule has 1 aliphatic heterocycles. The standard InChI is InChI=1S/C21H20FN3O5S/c1-14-3-4-20(16(5-14)9-24)31(27,28)25-10-21(11-25,12-26)13-30-19-7-17(22)15(8-23)6-18(19)29-2/h3-7,26H,10-13H2,1-2H3. The van der Waals surface area contributed by atoms with Crippen molar-refractivity contribution in [3.63, 3.8) is 0 Å². The van der Waals surface area contributed by atoms with E-state index in [1.807, 2.05) is 6.07 Å². The maximum absolute atomic E-state index is 13.9. The van der Waals surface area contributed by atoms with Crippen molar-refractivity contribution in [2.24, 2.45) is 5.41 Å². The van der Waals surface area contributed by atoms with Gasteiger partial charge in [0.05, 0.1) is 41.8 Å². The molecular weight excluding hydrogens is 425 g/mol. The molecule has 0 spiro atoms. The van der Waals surface area contributed by atoms with Gasteiger partial charge in [0, 0.05) is 25.2 Å². The molecule has 2 aromatic rings. The number of rotatable bonds is 7. The molecule has 0 bridgehead atoms. The third-order valence-electron chi connectivity index (χ3n) is 5.14. The van der Waals surface area contributed by atoms with Gasteiger partial charge in [0.1, 0.15) is 18.0 Å². The van der Waals surface area contributed by atoms with Gasteiger partial charge in [-0.05, 0) is 24.6 Å². The van der Waals surface area contributed by atoms with Crippen LogP contribution in [0.3, 0.4) is 0 Å². The Morgan fingerprint density at radius 2 is 1.84 bits per heavy atom. The molecule has 162 valence electrons. The summed E-state index contributed by atoms with van der Waals surface area (Å²) in [7, 11) is -2.59. The van der Waals surface area contributed by atoms with E-state index in [-0.39, 0.29) is 53.8 Å². The molecule has 1 N–H and O–H groups in total. The minimum atomic E-state index is -3.93. The van der Waals surface area contributed by atoms with E-state index >= 15 is 0 Å². The first-order valence-corrected chi connectivity index (χ1v) is 10.7. The van der Waals surface area contributed by atoms with Crippen molar-refractivity contribution < 1.29 is 27.4 Å². The fourth-order valence-corrected chi connectivity index (χ4v) is 5.12. The van der Waals surface area contributed by atoms with E-state index in [0.29, 0.717) is 0 Å². The maximum atomic E-state index is 13.9. The van der Waals surface area contributed by atoms with Crippen molar-refractivity contribution in [1.29, 1.82) is 10.5 Å². The average Bonchev–Trinajstić information content (AvgIpc) is 2.72. The van der Waals surface area contributed by atoms with Crippen molar-refractivity contribution in [3.8, 4) is 23.6 Å². The van der Waals surface area contributed by atoms with Crippen molar-refractivity contribution in [2.45, 2.75) is 11.8 Å². The van der Waals surface area contributed by atoms with Crippen molar-refractivity contribution >= 4 is 10.0 Å². The van der Waals surface area contributed by atoms with Crippen molar-refractivity contribution in [3.05, 3.63) is 52.8 Å². The van der Waals surface area contributed by atoms with Gasteiger partial charge in [-0.15, -0.1) is 0 Å². The monoisotopic (exact) mass is 445 g/mol. The van der Waals surface area contributed by atoms with E-state index in [0.717, 1.165) is 15.9 Å². The minimum absolute atomic E-state index is 0.0361. The van der Waals surface area contributed by atoms with Crippen LogP contribution in [-0.2, 0) is 10.0 Å². The van der Waals surface area contributed by atoms with Crippen LogP contribution >= 0.6 is 0 Å². The predicted molar refractivity (Wildman–Crippen MR) is 107 cm³/mol. The Balaban J connectivity index is 1.77. The Bertz CT molecular complexity index is 1190. The van der Waals surface area contributed by atoms with E-state index in [1.54, 1.807) is 19.1 Å². The number of sulfonamides is 1. The highest BCUT2D eigenvalue weighted by atomic mass is 32.2. The Morgan fingerprint density at radius 1 is 1.16 bits per heavy atom. The van der Waals surface area contributed by atoms with Crippen LogP contribution in [0.1, 0.15) is 16.7 Å². The van der Waals surface area contributed by atoms with Gasteiger partial charge in [-0.2, -0.15) is 14.8 Å². The Kier molecular flexibility index (Phi) is 6.18. The molecule has 0 amide bonds. The highest BCUT2D eigenvalue weighted by molar-refractivity contribution is 7.89. The van der Waals surface area contributed by atoms with Gasteiger partial charge in [-0.25, -0.2) is 12.8 Å². The third kappa shape index (κ3) is 4.19. The Labute approximate surface area is 179 Å². The summed E-state index contributed by atoms with van der Waals surface area (Å²) in [5, 5.41) is 28.1. The van der Waals surface area contributed by atoms with E-state index < -0.39 is 21.3 Å². The third-order valence-corrected chi connectivity index (χ3v) is 6.99. The first-order chi connectivity index (χ1) is 14.7. The second-order valence-electron chi connectivity index (χ2n) is 7.43. The van der Waals surface area contributed by atoms with Crippen molar-refractivity contribution in [2.75, 3.05) is 33.4 Å². The SMILES string of the molecule is COc1cc(C#N)c(F)cc1OCC1(CO)CN(S(=O)(=O)c2ccc(C)cc2C#N)C1. The van der Waals surface area contributed by atoms with Gasteiger partial charge in [0.25, 0.3) is 0 Å². The topological polar surface area (TPSA) is 124 Å². The predicted octanol–water partition coefficient (Wildman–Crippen LogP) is 1.95. The largest absolute Gasteiger partial charge is 0.493 e. The van der Waals surface area contributed by atoms with Gasteiger partial charge < -0.3 is 14.6 Å². The molecule has 0 atom stereocenters. The molecule has 10 heteroatoms. The van der Waals surface area contributed by atoms with Gasteiger partial charge >= 0.3 is 0 Å². The summed E-state index contributed by atoms with van der Waals surface area (Å²) in [4.78, 5) is -0.0936. The quantitative estimate of drug-likeness (QED) is 0.691. The summed E-state index contributed by atoms with van der Waals surface area (Å²) in [5.41, 5.74) is -0.287. The number of nitrogens with zero attached hydrogens (tertiary/aromatic N) is 3. The molecule has 1 heterocycles. The molecular formula is C21H20FN3O5S. The molecule has 3 rings (SSSR count). The number of aryl methyl sites for hydroxylation is 1. The number of aliphatic hydroxyl groups is 1. The highest BCUT2D eigenvalue weighted by Crippen LogP contribution is 2.38. The Morgan fingerprint density at radius 3 is 2.42 bits per heavy atom. The van der Waals surface area contributed by atoms with Crippen molar-refractivity contribution in [1.82, 2.24) is 4.31 Å². The normalized spacial score (nSPS) is 15.4. The zero-order valence-electron chi connectivity index (χ0n) is 16.9. The fourth-order valence-electron chi connectivity index (χ4n) is 3.33. The van der Waals surface area contributed by atoms with Gasteiger partial charge in [0.2, 0.25) is 10.0 Å².